The van der Waals surface area contributed by atoms with Gasteiger partial charge in [-0.05, 0) is 118 Å². The van der Waals surface area contributed by atoms with Gasteiger partial charge in [-0.25, -0.2) is 0 Å². The molecule has 2 atom stereocenters. The van der Waals surface area contributed by atoms with Gasteiger partial charge in [0.25, 0.3) is 0 Å². The van der Waals surface area contributed by atoms with Gasteiger partial charge >= 0.3 is 0 Å². The van der Waals surface area contributed by atoms with E-state index in [1.54, 1.807) is 0 Å². The van der Waals surface area contributed by atoms with E-state index >= 15 is 0 Å². The minimum Gasteiger partial charge on any atom is -0.0842 e. The van der Waals surface area contributed by atoms with Gasteiger partial charge in [0.05, 0.1) is 0 Å². The van der Waals surface area contributed by atoms with Crippen LogP contribution in [0.5, 0.6) is 0 Å². The molecule has 0 heteroatoms. The van der Waals surface area contributed by atoms with E-state index in [1.165, 1.54) is 66.8 Å². The molecule has 0 heterocycles. The molecule has 39 heavy (non-hydrogen) atoms. The minimum absolute atomic E-state index is 0.345. The molecule has 192 valence electrons. The van der Waals surface area contributed by atoms with E-state index in [0.717, 1.165) is 32.1 Å². The van der Waals surface area contributed by atoms with E-state index in [4.69, 9.17) is 0 Å². The monoisotopic (exact) mass is 504 g/mol. The molecule has 0 aliphatic heterocycles. The van der Waals surface area contributed by atoms with Gasteiger partial charge in [0.1, 0.15) is 0 Å². The number of fused-ring (bicyclic) bond motifs is 3. The first-order valence-corrected chi connectivity index (χ1v) is 14.6. The van der Waals surface area contributed by atoms with Crippen molar-refractivity contribution >= 4 is 0 Å². The van der Waals surface area contributed by atoms with Crippen molar-refractivity contribution in [3.8, 4) is 22.3 Å². The highest BCUT2D eigenvalue weighted by molar-refractivity contribution is 5.81. The van der Waals surface area contributed by atoms with Crippen LogP contribution >= 0.6 is 0 Å². The van der Waals surface area contributed by atoms with Crippen molar-refractivity contribution in [2.75, 3.05) is 0 Å². The van der Waals surface area contributed by atoms with Crippen molar-refractivity contribution in [1.82, 2.24) is 0 Å². The lowest BCUT2D eigenvalue weighted by molar-refractivity contribution is 0.592. The van der Waals surface area contributed by atoms with Crippen LogP contribution in [0.15, 0.2) is 132 Å². The Balaban J connectivity index is 1.31. The molecule has 0 N–H and O–H groups in total. The Morgan fingerprint density at radius 2 is 1.62 bits per heavy atom. The van der Waals surface area contributed by atoms with E-state index in [1.807, 2.05) is 0 Å². The molecule has 0 bridgehead atoms. The van der Waals surface area contributed by atoms with Crippen LogP contribution < -0.4 is 0 Å². The molecular weight excluding hydrogens is 468 g/mol. The third kappa shape index (κ3) is 4.43. The molecule has 4 aliphatic carbocycles. The summed E-state index contributed by atoms with van der Waals surface area (Å²) in [6, 6.07) is 23.1. The number of rotatable bonds is 4. The summed E-state index contributed by atoms with van der Waals surface area (Å²) in [5.41, 5.74) is 16.9. The van der Waals surface area contributed by atoms with Gasteiger partial charge in [0.2, 0.25) is 0 Å². The van der Waals surface area contributed by atoms with Gasteiger partial charge in [-0.1, -0.05) is 110 Å². The largest absolute Gasteiger partial charge is 0.0842 e. The Labute approximate surface area is 233 Å². The molecule has 7 rings (SSSR count). The van der Waals surface area contributed by atoms with Crippen molar-refractivity contribution < 1.29 is 0 Å². The minimum atomic E-state index is 0.345. The summed E-state index contributed by atoms with van der Waals surface area (Å²) >= 11 is 0. The zero-order chi connectivity index (χ0) is 26.3. The Hall–Kier alpha value is -3.90. The molecular formula is C39H36. The second-order valence-corrected chi connectivity index (χ2v) is 11.6. The topological polar surface area (TPSA) is 0 Å². The van der Waals surface area contributed by atoms with Crippen LogP contribution in [0.3, 0.4) is 0 Å². The average molecular weight is 505 g/mol. The van der Waals surface area contributed by atoms with Crippen LogP contribution in [0.25, 0.3) is 22.3 Å². The van der Waals surface area contributed by atoms with Crippen LogP contribution in [0.1, 0.15) is 60.8 Å². The van der Waals surface area contributed by atoms with E-state index < -0.39 is 0 Å². The molecule has 2 unspecified atom stereocenters. The first-order chi connectivity index (χ1) is 19.2. The molecule has 3 aromatic rings. The first-order valence-electron chi connectivity index (χ1n) is 14.6. The van der Waals surface area contributed by atoms with E-state index in [2.05, 4.69) is 123 Å². The number of aryl methyl sites for hydroxylation is 1. The van der Waals surface area contributed by atoms with Crippen molar-refractivity contribution in [3.05, 3.63) is 154 Å². The Morgan fingerprint density at radius 3 is 2.46 bits per heavy atom. The van der Waals surface area contributed by atoms with Crippen molar-refractivity contribution in [2.45, 2.75) is 51.9 Å². The second-order valence-electron chi connectivity index (χ2n) is 11.6. The highest BCUT2D eigenvalue weighted by atomic mass is 14.3. The van der Waals surface area contributed by atoms with E-state index in [-0.39, 0.29) is 0 Å². The fourth-order valence-corrected chi connectivity index (χ4v) is 6.96. The van der Waals surface area contributed by atoms with Crippen molar-refractivity contribution in [1.29, 1.82) is 0 Å². The van der Waals surface area contributed by atoms with Crippen LogP contribution in [-0.4, -0.2) is 0 Å². The Bertz CT molecular complexity index is 1640. The van der Waals surface area contributed by atoms with Gasteiger partial charge in [-0.2, -0.15) is 0 Å². The van der Waals surface area contributed by atoms with Gasteiger partial charge < -0.3 is 0 Å². The van der Waals surface area contributed by atoms with Gasteiger partial charge in [-0.15, -0.1) is 0 Å². The number of hydrogen-bond donors (Lipinski definition) is 0. The lowest BCUT2D eigenvalue weighted by atomic mass is 9.71. The molecule has 0 saturated heterocycles. The molecule has 0 saturated carbocycles. The molecule has 0 aromatic heterocycles. The molecule has 3 aromatic carbocycles. The summed E-state index contributed by atoms with van der Waals surface area (Å²) in [4.78, 5) is 0. The zero-order valence-electron chi connectivity index (χ0n) is 23.1. The van der Waals surface area contributed by atoms with E-state index in [9.17, 15) is 0 Å². The summed E-state index contributed by atoms with van der Waals surface area (Å²) in [5.74, 6) is 0.777. The van der Waals surface area contributed by atoms with Crippen LogP contribution in [0, 0.1) is 12.8 Å². The molecule has 0 nitrogen and oxygen atoms in total. The SMILES string of the molecule is Cc1ccc(-c2ccc3c(c2)-c2ccccc2C3)cc1C1C=C(C2=CCCC=C2)C=C(C2=CC=CCC2)C1C. The fourth-order valence-electron chi connectivity index (χ4n) is 6.96. The molecule has 4 aliphatic rings. The lowest BCUT2D eigenvalue weighted by Crippen LogP contribution is -2.18. The quantitative estimate of drug-likeness (QED) is 0.259. The molecule has 0 radical (unpaired) electrons. The van der Waals surface area contributed by atoms with Gasteiger partial charge in [0.15, 0.2) is 0 Å². The number of benzene rings is 3. The summed E-state index contributed by atoms with van der Waals surface area (Å²) in [5, 5.41) is 0. The summed E-state index contributed by atoms with van der Waals surface area (Å²) in [6.45, 7) is 4.73. The summed E-state index contributed by atoms with van der Waals surface area (Å²) in [7, 11) is 0. The number of allylic oxidation sites excluding steroid dienone is 12. The second kappa shape index (κ2) is 10.0. The normalized spacial score (nSPS) is 21.5. The van der Waals surface area contributed by atoms with Crippen LogP contribution in [0.2, 0.25) is 0 Å². The third-order valence-electron chi connectivity index (χ3n) is 9.18. The van der Waals surface area contributed by atoms with Crippen molar-refractivity contribution in [3.63, 3.8) is 0 Å². The highest BCUT2D eigenvalue weighted by Crippen LogP contribution is 2.45. The van der Waals surface area contributed by atoms with Gasteiger partial charge in [-0.3, -0.25) is 0 Å². The lowest BCUT2D eigenvalue weighted by Gasteiger charge is -2.33. The highest BCUT2D eigenvalue weighted by Gasteiger charge is 2.29. The molecule has 0 fully saturated rings. The fraction of sp³-hybridized carbons (Fsp3) is 0.231. The Morgan fingerprint density at radius 1 is 0.769 bits per heavy atom. The first kappa shape index (κ1) is 24.2. The summed E-state index contributed by atoms with van der Waals surface area (Å²) in [6.07, 6.45) is 24.6. The number of hydrogen-bond acceptors (Lipinski definition) is 0. The molecule has 0 amide bonds. The van der Waals surface area contributed by atoms with Crippen LogP contribution in [-0.2, 0) is 6.42 Å². The smallest absolute Gasteiger partial charge is 0.00962 e. The maximum atomic E-state index is 2.56. The predicted molar refractivity (Wildman–Crippen MR) is 166 cm³/mol. The summed E-state index contributed by atoms with van der Waals surface area (Å²) < 4.78 is 0. The third-order valence-corrected chi connectivity index (χ3v) is 9.18. The van der Waals surface area contributed by atoms with Gasteiger partial charge in [0, 0.05) is 5.92 Å². The maximum Gasteiger partial charge on any atom is 0.00962 e. The van der Waals surface area contributed by atoms with E-state index in [0.29, 0.717) is 11.8 Å². The maximum absolute atomic E-state index is 2.56. The predicted octanol–water partition coefficient (Wildman–Crippen LogP) is 10.4. The molecule has 0 spiro atoms. The zero-order valence-corrected chi connectivity index (χ0v) is 23.1. The Kier molecular flexibility index (Phi) is 6.20. The van der Waals surface area contributed by atoms with Crippen LogP contribution in [0.4, 0.5) is 0 Å². The average Bonchev–Trinajstić information content (AvgIpc) is 3.37. The van der Waals surface area contributed by atoms with Crippen molar-refractivity contribution in [2.24, 2.45) is 5.92 Å². The standard InChI is InChI=1S/C39H36/c1-26-17-18-30(31-19-20-33-21-32-15-9-10-16-35(32)39(33)23-31)22-36(26)38-25-34(28-11-5-3-6-12-28)24-37(27(38)2)29-13-7-4-8-14-29/h4-5,7,9-13,15-20,22-25,27,38H,3,6,8,14,21H2,1-2H3.